The number of phenols is 1. The molecule has 0 bridgehead atoms. The molecule has 31 heavy (non-hydrogen) atoms. The molecule has 3 aromatic carbocycles. The SMILES string of the molecule is O=C(O)c1cc(C(=O)C2C(c3ccc(Cl)cc3)=NOC2c2ccc(Br)cc2)ccc1O. The van der Waals surface area contributed by atoms with Crippen LogP contribution >= 0.6 is 27.5 Å². The molecule has 156 valence electrons. The zero-order chi connectivity index (χ0) is 22.1. The van der Waals surface area contributed by atoms with E-state index in [1.807, 2.05) is 24.3 Å². The molecule has 0 aromatic heterocycles. The summed E-state index contributed by atoms with van der Waals surface area (Å²) in [7, 11) is 0. The van der Waals surface area contributed by atoms with Gasteiger partial charge in [-0.15, -0.1) is 0 Å². The van der Waals surface area contributed by atoms with Crippen molar-refractivity contribution in [1.29, 1.82) is 0 Å². The van der Waals surface area contributed by atoms with Crippen LogP contribution in [0.15, 0.2) is 76.4 Å². The predicted molar refractivity (Wildman–Crippen MR) is 119 cm³/mol. The predicted octanol–water partition coefficient (Wildman–Crippen LogP) is 5.48. The Morgan fingerprint density at radius 3 is 2.32 bits per heavy atom. The number of Topliss-reactive ketones (excluding diaryl/α,β-unsaturated/α-hetero) is 1. The Morgan fingerprint density at radius 1 is 1.00 bits per heavy atom. The Balaban J connectivity index is 1.79. The Kier molecular flexibility index (Phi) is 5.80. The molecular weight excluding hydrogens is 486 g/mol. The van der Waals surface area contributed by atoms with E-state index in [-0.39, 0.29) is 16.9 Å². The minimum Gasteiger partial charge on any atom is -0.507 e. The number of aromatic hydroxyl groups is 1. The first kappa shape index (κ1) is 21.1. The molecule has 6 nitrogen and oxygen atoms in total. The fourth-order valence-corrected chi connectivity index (χ4v) is 3.83. The van der Waals surface area contributed by atoms with E-state index in [4.69, 9.17) is 16.4 Å². The molecule has 0 aliphatic carbocycles. The summed E-state index contributed by atoms with van der Waals surface area (Å²) in [5.74, 6) is -2.94. The lowest BCUT2D eigenvalue weighted by molar-refractivity contribution is 0.0533. The van der Waals surface area contributed by atoms with Crippen LogP contribution in [0.25, 0.3) is 0 Å². The fraction of sp³-hybridized carbons (Fsp3) is 0.0870. The van der Waals surface area contributed by atoms with Crippen LogP contribution in [-0.2, 0) is 4.84 Å². The number of halogens is 2. The van der Waals surface area contributed by atoms with Gasteiger partial charge in [0.15, 0.2) is 11.9 Å². The molecule has 4 rings (SSSR count). The summed E-state index contributed by atoms with van der Waals surface area (Å²) in [6.45, 7) is 0. The maximum absolute atomic E-state index is 13.6. The van der Waals surface area contributed by atoms with Gasteiger partial charge in [0.1, 0.15) is 22.9 Å². The lowest BCUT2D eigenvalue weighted by Crippen LogP contribution is -2.27. The van der Waals surface area contributed by atoms with Crippen molar-refractivity contribution < 1.29 is 24.6 Å². The average Bonchev–Trinajstić information content (AvgIpc) is 3.19. The Labute approximate surface area is 190 Å². The molecule has 0 fully saturated rings. The van der Waals surface area contributed by atoms with Gasteiger partial charge in [-0.1, -0.05) is 57.0 Å². The van der Waals surface area contributed by atoms with E-state index in [0.29, 0.717) is 16.3 Å². The number of oxime groups is 1. The number of carbonyl (C=O) groups excluding carboxylic acids is 1. The second-order valence-corrected chi connectivity index (χ2v) is 8.29. The van der Waals surface area contributed by atoms with Gasteiger partial charge in [-0.3, -0.25) is 4.79 Å². The van der Waals surface area contributed by atoms with E-state index < -0.39 is 23.7 Å². The second kappa shape index (κ2) is 8.53. The van der Waals surface area contributed by atoms with Crippen molar-refractivity contribution in [3.8, 4) is 5.75 Å². The van der Waals surface area contributed by atoms with E-state index in [2.05, 4.69) is 21.1 Å². The number of benzene rings is 3. The van der Waals surface area contributed by atoms with Crippen LogP contribution in [0.2, 0.25) is 5.02 Å². The van der Waals surface area contributed by atoms with Gasteiger partial charge in [-0.25, -0.2) is 4.79 Å². The molecule has 0 amide bonds. The van der Waals surface area contributed by atoms with Gasteiger partial charge in [0, 0.05) is 20.6 Å². The summed E-state index contributed by atoms with van der Waals surface area (Å²) in [5.41, 5.74) is 1.61. The highest BCUT2D eigenvalue weighted by Gasteiger charge is 2.42. The quantitative estimate of drug-likeness (QED) is 0.452. The van der Waals surface area contributed by atoms with Gasteiger partial charge in [0.05, 0.1) is 0 Å². The van der Waals surface area contributed by atoms with Gasteiger partial charge in [0.2, 0.25) is 0 Å². The monoisotopic (exact) mass is 499 g/mol. The average molecular weight is 501 g/mol. The lowest BCUT2D eigenvalue weighted by Gasteiger charge is -2.19. The van der Waals surface area contributed by atoms with Crippen LogP contribution in [0.3, 0.4) is 0 Å². The molecule has 1 aliphatic rings. The van der Waals surface area contributed by atoms with E-state index in [0.717, 1.165) is 16.1 Å². The minimum atomic E-state index is -1.33. The summed E-state index contributed by atoms with van der Waals surface area (Å²) in [4.78, 5) is 30.7. The summed E-state index contributed by atoms with van der Waals surface area (Å²) >= 11 is 9.38. The number of carboxylic acids is 1. The fourth-order valence-electron chi connectivity index (χ4n) is 3.44. The first-order valence-corrected chi connectivity index (χ1v) is 10.4. The number of nitrogens with zero attached hydrogens (tertiary/aromatic N) is 1. The molecular formula is C23H15BrClNO5. The number of carboxylic acid groups (broad SMARTS) is 1. The first-order valence-electron chi connectivity index (χ1n) is 9.21. The van der Waals surface area contributed by atoms with Crippen LogP contribution in [0.1, 0.15) is 37.9 Å². The van der Waals surface area contributed by atoms with Crippen LogP contribution in [0.4, 0.5) is 0 Å². The second-order valence-electron chi connectivity index (χ2n) is 6.94. The number of ketones is 1. The van der Waals surface area contributed by atoms with E-state index in [1.165, 1.54) is 12.1 Å². The van der Waals surface area contributed by atoms with Gasteiger partial charge >= 0.3 is 5.97 Å². The molecule has 0 spiro atoms. The Hall–Kier alpha value is -3.16. The molecule has 2 unspecified atom stereocenters. The van der Waals surface area contributed by atoms with Crippen LogP contribution in [-0.4, -0.2) is 27.7 Å². The Bertz CT molecular complexity index is 1190. The summed E-state index contributed by atoms with van der Waals surface area (Å²) < 4.78 is 0.876. The highest BCUT2D eigenvalue weighted by molar-refractivity contribution is 9.10. The Morgan fingerprint density at radius 2 is 1.68 bits per heavy atom. The molecule has 0 saturated heterocycles. The molecule has 0 radical (unpaired) electrons. The molecule has 3 aromatic rings. The molecule has 1 aliphatic heterocycles. The number of rotatable bonds is 5. The van der Waals surface area contributed by atoms with E-state index >= 15 is 0 Å². The number of aromatic carboxylic acids is 1. The van der Waals surface area contributed by atoms with Crippen LogP contribution in [0.5, 0.6) is 5.75 Å². The molecule has 2 atom stereocenters. The van der Waals surface area contributed by atoms with Crippen molar-refractivity contribution >= 4 is 45.0 Å². The highest BCUT2D eigenvalue weighted by Crippen LogP contribution is 2.38. The van der Waals surface area contributed by atoms with Crippen LogP contribution < -0.4 is 0 Å². The molecule has 2 N–H and O–H groups in total. The number of hydrogen-bond acceptors (Lipinski definition) is 5. The van der Waals surface area contributed by atoms with E-state index in [1.54, 1.807) is 24.3 Å². The number of hydrogen-bond donors (Lipinski definition) is 2. The third-order valence-corrected chi connectivity index (χ3v) is 5.78. The van der Waals surface area contributed by atoms with E-state index in [9.17, 15) is 19.8 Å². The summed E-state index contributed by atoms with van der Waals surface area (Å²) in [6.07, 6.45) is -0.701. The van der Waals surface area contributed by atoms with Crippen molar-refractivity contribution in [2.24, 2.45) is 11.1 Å². The molecule has 8 heteroatoms. The van der Waals surface area contributed by atoms with Crippen molar-refractivity contribution in [2.75, 3.05) is 0 Å². The zero-order valence-corrected chi connectivity index (χ0v) is 18.2. The van der Waals surface area contributed by atoms with Crippen molar-refractivity contribution in [3.05, 3.63) is 98.5 Å². The molecule has 1 heterocycles. The van der Waals surface area contributed by atoms with Gasteiger partial charge in [0.25, 0.3) is 0 Å². The first-order chi connectivity index (χ1) is 14.8. The smallest absolute Gasteiger partial charge is 0.339 e. The standard InChI is InChI=1S/C23H15BrClNO5/c24-15-6-1-13(2-7-15)22-19(20(26-31-22)12-3-8-16(25)9-4-12)21(28)14-5-10-18(27)17(11-14)23(29)30/h1-11,19,22,27H,(H,29,30). The molecule has 0 saturated carbocycles. The topological polar surface area (TPSA) is 96.2 Å². The van der Waals surface area contributed by atoms with Crippen molar-refractivity contribution in [3.63, 3.8) is 0 Å². The lowest BCUT2D eigenvalue weighted by atomic mass is 9.83. The van der Waals surface area contributed by atoms with Crippen LogP contribution in [0, 0.1) is 5.92 Å². The van der Waals surface area contributed by atoms with Crippen molar-refractivity contribution in [1.82, 2.24) is 0 Å². The zero-order valence-electron chi connectivity index (χ0n) is 15.8. The van der Waals surface area contributed by atoms with Gasteiger partial charge in [-0.2, -0.15) is 0 Å². The maximum Gasteiger partial charge on any atom is 0.339 e. The normalized spacial score (nSPS) is 17.7. The third kappa shape index (κ3) is 4.19. The van der Waals surface area contributed by atoms with Crippen molar-refractivity contribution in [2.45, 2.75) is 6.10 Å². The third-order valence-electron chi connectivity index (χ3n) is 4.99. The van der Waals surface area contributed by atoms with Gasteiger partial charge in [-0.05, 0) is 48.0 Å². The minimum absolute atomic E-state index is 0.134. The number of carbonyl (C=O) groups is 2. The highest BCUT2D eigenvalue weighted by atomic mass is 79.9. The largest absolute Gasteiger partial charge is 0.507 e. The summed E-state index contributed by atoms with van der Waals surface area (Å²) in [6, 6.07) is 17.9. The summed E-state index contributed by atoms with van der Waals surface area (Å²) in [5, 5.41) is 23.9. The maximum atomic E-state index is 13.6. The van der Waals surface area contributed by atoms with Gasteiger partial charge < -0.3 is 15.1 Å².